The molecular formula is C20H18N2O5. The Bertz CT molecular complexity index is 923. The summed E-state index contributed by atoms with van der Waals surface area (Å²) in [5.41, 5.74) is 2.15. The first kappa shape index (κ1) is 18.2. The predicted octanol–water partition coefficient (Wildman–Crippen LogP) is 3.01. The van der Waals surface area contributed by atoms with Crippen molar-refractivity contribution in [1.82, 2.24) is 0 Å². The van der Waals surface area contributed by atoms with Gasteiger partial charge in [-0.25, -0.2) is 9.79 Å². The third kappa shape index (κ3) is 4.33. The Hall–Kier alpha value is -3.61. The monoisotopic (exact) mass is 366 g/mol. The van der Waals surface area contributed by atoms with E-state index in [4.69, 9.17) is 14.2 Å². The second-order valence-corrected chi connectivity index (χ2v) is 5.74. The summed E-state index contributed by atoms with van der Waals surface area (Å²) in [4.78, 5) is 27.5. The first-order valence-corrected chi connectivity index (χ1v) is 8.12. The fraction of sp³-hybridized carbons (Fsp3) is 0.150. The van der Waals surface area contributed by atoms with Crippen LogP contribution in [0.1, 0.15) is 18.1 Å². The summed E-state index contributed by atoms with van der Waals surface area (Å²) in [6.45, 7) is 1.43. The van der Waals surface area contributed by atoms with Gasteiger partial charge in [-0.2, -0.15) is 0 Å². The van der Waals surface area contributed by atoms with Crippen molar-refractivity contribution in [3.63, 3.8) is 0 Å². The molecule has 1 aliphatic rings. The zero-order valence-corrected chi connectivity index (χ0v) is 15.1. The van der Waals surface area contributed by atoms with Crippen molar-refractivity contribution in [2.24, 2.45) is 4.99 Å². The number of methoxy groups -OCH3 is 2. The van der Waals surface area contributed by atoms with Crippen LogP contribution in [-0.4, -0.2) is 32.0 Å². The fourth-order valence-electron chi connectivity index (χ4n) is 2.50. The summed E-state index contributed by atoms with van der Waals surface area (Å²) >= 11 is 0. The summed E-state index contributed by atoms with van der Waals surface area (Å²) < 4.78 is 15.7. The van der Waals surface area contributed by atoms with E-state index < -0.39 is 5.97 Å². The van der Waals surface area contributed by atoms with E-state index in [1.54, 1.807) is 62.8 Å². The van der Waals surface area contributed by atoms with Crippen LogP contribution in [0.25, 0.3) is 6.08 Å². The van der Waals surface area contributed by atoms with Gasteiger partial charge in [-0.05, 0) is 48.0 Å². The molecule has 2 aromatic rings. The van der Waals surface area contributed by atoms with Crippen molar-refractivity contribution in [1.29, 1.82) is 0 Å². The first-order chi connectivity index (χ1) is 13.0. The number of carbonyl (C=O) groups excluding carboxylic acids is 2. The third-order valence-electron chi connectivity index (χ3n) is 3.75. The van der Waals surface area contributed by atoms with E-state index in [1.807, 2.05) is 0 Å². The molecule has 0 aromatic heterocycles. The van der Waals surface area contributed by atoms with Gasteiger partial charge in [0.25, 0.3) is 0 Å². The van der Waals surface area contributed by atoms with E-state index in [-0.39, 0.29) is 17.5 Å². The number of esters is 1. The molecule has 7 heteroatoms. The van der Waals surface area contributed by atoms with Gasteiger partial charge in [-0.15, -0.1) is 0 Å². The molecular weight excluding hydrogens is 348 g/mol. The molecule has 27 heavy (non-hydrogen) atoms. The lowest BCUT2D eigenvalue weighted by atomic mass is 10.1. The van der Waals surface area contributed by atoms with Gasteiger partial charge >= 0.3 is 5.97 Å². The topological polar surface area (TPSA) is 86.2 Å². The van der Waals surface area contributed by atoms with Crippen LogP contribution >= 0.6 is 0 Å². The number of benzene rings is 2. The number of rotatable bonds is 5. The molecule has 0 aliphatic carbocycles. The molecule has 7 nitrogen and oxygen atoms in total. The van der Waals surface area contributed by atoms with Crippen LogP contribution < -0.4 is 14.8 Å². The molecule has 3 rings (SSSR count). The van der Waals surface area contributed by atoms with Crippen LogP contribution in [0.4, 0.5) is 5.69 Å². The second-order valence-electron chi connectivity index (χ2n) is 5.74. The largest absolute Gasteiger partial charge is 0.497 e. The second kappa shape index (κ2) is 7.74. The van der Waals surface area contributed by atoms with Crippen molar-refractivity contribution < 1.29 is 23.8 Å². The van der Waals surface area contributed by atoms with Gasteiger partial charge in [-0.1, -0.05) is 0 Å². The van der Waals surface area contributed by atoms with Crippen molar-refractivity contribution in [2.45, 2.75) is 6.92 Å². The number of hydrogen-bond donors (Lipinski definition) is 1. The van der Waals surface area contributed by atoms with Gasteiger partial charge in [0.15, 0.2) is 5.70 Å². The van der Waals surface area contributed by atoms with Crippen LogP contribution in [0.15, 0.2) is 53.2 Å². The summed E-state index contributed by atoms with van der Waals surface area (Å²) in [7, 11) is 3.10. The van der Waals surface area contributed by atoms with E-state index in [0.717, 1.165) is 0 Å². The highest BCUT2D eigenvalue weighted by Gasteiger charge is 2.24. The smallest absolute Gasteiger partial charge is 0.363 e. The van der Waals surface area contributed by atoms with Gasteiger partial charge in [0.1, 0.15) is 11.5 Å². The molecule has 0 saturated carbocycles. The summed E-state index contributed by atoms with van der Waals surface area (Å²) in [5, 5.41) is 2.67. The Labute approximate surface area is 156 Å². The van der Waals surface area contributed by atoms with Crippen LogP contribution in [0.3, 0.4) is 0 Å². The predicted molar refractivity (Wildman–Crippen MR) is 101 cm³/mol. The quantitative estimate of drug-likeness (QED) is 0.649. The average Bonchev–Trinajstić information content (AvgIpc) is 3.02. The molecule has 0 saturated heterocycles. The summed E-state index contributed by atoms with van der Waals surface area (Å²) in [5.74, 6) is 0.704. The van der Waals surface area contributed by atoms with Gasteiger partial charge < -0.3 is 19.5 Å². The summed E-state index contributed by atoms with van der Waals surface area (Å²) in [6, 6.07) is 12.1. The molecule has 1 N–H and O–H groups in total. The highest BCUT2D eigenvalue weighted by atomic mass is 16.6. The van der Waals surface area contributed by atoms with Crippen LogP contribution in [0.2, 0.25) is 0 Å². The van der Waals surface area contributed by atoms with Gasteiger partial charge in [0.05, 0.1) is 14.2 Å². The number of cyclic esters (lactones) is 1. The minimum Gasteiger partial charge on any atom is -0.497 e. The Morgan fingerprint density at radius 3 is 2.26 bits per heavy atom. The number of carbonyl (C=O) groups is 2. The third-order valence-corrected chi connectivity index (χ3v) is 3.75. The summed E-state index contributed by atoms with van der Waals surface area (Å²) in [6.07, 6.45) is 1.60. The number of amides is 1. The molecule has 0 fully saturated rings. The van der Waals surface area contributed by atoms with Gasteiger partial charge in [0, 0.05) is 24.2 Å². The van der Waals surface area contributed by atoms with Crippen LogP contribution in [0, 0.1) is 0 Å². The lowest BCUT2D eigenvalue weighted by Crippen LogP contribution is -2.07. The molecule has 138 valence electrons. The Balaban J connectivity index is 1.88. The van der Waals surface area contributed by atoms with Crippen LogP contribution in [-0.2, 0) is 14.3 Å². The molecule has 2 aromatic carbocycles. The van der Waals surface area contributed by atoms with Crippen molar-refractivity contribution in [3.05, 3.63) is 59.3 Å². The van der Waals surface area contributed by atoms with E-state index in [9.17, 15) is 9.59 Å². The Morgan fingerprint density at radius 2 is 1.70 bits per heavy atom. The molecule has 0 spiro atoms. The first-order valence-electron chi connectivity index (χ1n) is 8.12. The maximum atomic E-state index is 12.2. The number of ether oxygens (including phenoxy) is 3. The SMILES string of the molecule is COc1cc(/C=C2\N=C(c3ccc(NC(C)=O)cc3)OC2=O)cc(OC)c1. The number of aliphatic imine (C=N–C) groups is 1. The van der Waals surface area contributed by atoms with Gasteiger partial charge in [0.2, 0.25) is 11.8 Å². The van der Waals surface area contributed by atoms with Crippen molar-refractivity contribution >= 4 is 29.5 Å². The van der Waals surface area contributed by atoms with E-state index in [2.05, 4.69) is 10.3 Å². The minimum atomic E-state index is -0.544. The average molecular weight is 366 g/mol. The number of nitrogens with zero attached hydrogens (tertiary/aromatic N) is 1. The standard InChI is InChI=1S/C20H18N2O5/c1-12(23)21-15-6-4-14(5-7-15)19-22-18(20(24)27-19)10-13-8-16(25-2)11-17(9-13)26-3/h4-11H,1-3H3,(H,21,23)/b18-10-. The molecule has 0 radical (unpaired) electrons. The molecule has 1 aliphatic heterocycles. The zero-order chi connectivity index (χ0) is 19.4. The lowest BCUT2D eigenvalue weighted by molar-refractivity contribution is -0.129. The maximum Gasteiger partial charge on any atom is 0.363 e. The molecule has 0 bridgehead atoms. The van der Waals surface area contributed by atoms with Crippen LogP contribution in [0.5, 0.6) is 11.5 Å². The highest BCUT2D eigenvalue weighted by molar-refractivity contribution is 6.13. The normalized spacial score (nSPS) is 14.6. The number of anilines is 1. The number of hydrogen-bond acceptors (Lipinski definition) is 6. The maximum absolute atomic E-state index is 12.2. The van der Waals surface area contributed by atoms with E-state index >= 15 is 0 Å². The zero-order valence-electron chi connectivity index (χ0n) is 15.1. The minimum absolute atomic E-state index is 0.161. The Morgan fingerprint density at radius 1 is 1.07 bits per heavy atom. The molecule has 1 amide bonds. The Kier molecular flexibility index (Phi) is 5.21. The van der Waals surface area contributed by atoms with E-state index in [0.29, 0.717) is 28.3 Å². The molecule has 0 atom stereocenters. The van der Waals surface area contributed by atoms with Crippen molar-refractivity contribution in [2.75, 3.05) is 19.5 Å². The number of nitrogens with one attached hydrogen (secondary N) is 1. The lowest BCUT2D eigenvalue weighted by Gasteiger charge is -2.05. The molecule has 0 unspecified atom stereocenters. The van der Waals surface area contributed by atoms with Crippen molar-refractivity contribution in [3.8, 4) is 11.5 Å². The highest BCUT2D eigenvalue weighted by Crippen LogP contribution is 2.26. The molecule has 1 heterocycles. The van der Waals surface area contributed by atoms with Gasteiger partial charge in [-0.3, -0.25) is 4.79 Å². The fourth-order valence-corrected chi connectivity index (χ4v) is 2.50. The van der Waals surface area contributed by atoms with E-state index in [1.165, 1.54) is 6.92 Å².